The number of carbonyl (C=O) groups excluding carboxylic acids is 1. The summed E-state index contributed by atoms with van der Waals surface area (Å²) in [5.74, 6) is 0.527. The van der Waals surface area contributed by atoms with Gasteiger partial charge in [-0.2, -0.15) is 13.5 Å². The summed E-state index contributed by atoms with van der Waals surface area (Å²) in [6.07, 6.45) is 4.60. The second-order valence-corrected chi connectivity index (χ2v) is 12.1. The molecular weight excluding hydrogens is 478 g/mol. The fraction of sp³-hybridized carbons (Fsp3) is 0.440. The predicted molar refractivity (Wildman–Crippen MR) is 139 cm³/mol. The van der Waals surface area contributed by atoms with Crippen molar-refractivity contribution in [1.29, 1.82) is 0 Å². The molecule has 1 atom stereocenters. The second kappa shape index (κ2) is 9.53. The summed E-state index contributed by atoms with van der Waals surface area (Å²) in [5, 5.41) is 4.11. The third-order valence-electron chi connectivity index (χ3n) is 6.18. The Morgan fingerprint density at radius 1 is 1.22 bits per heavy atom. The minimum Gasteiger partial charge on any atom is -0.384 e. The number of nitrogens with one attached hydrogen (secondary N) is 1. The van der Waals surface area contributed by atoms with Gasteiger partial charge in [-0.05, 0) is 56.4 Å². The van der Waals surface area contributed by atoms with Gasteiger partial charge in [0.15, 0.2) is 5.03 Å². The van der Waals surface area contributed by atoms with Crippen LogP contribution in [0.4, 0.5) is 11.6 Å². The fourth-order valence-corrected chi connectivity index (χ4v) is 5.67. The maximum absolute atomic E-state index is 13.3. The second-order valence-electron chi connectivity index (χ2n) is 10.5. The van der Waals surface area contributed by atoms with E-state index in [2.05, 4.69) is 54.3 Å². The summed E-state index contributed by atoms with van der Waals surface area (Å²) in [6.45, 7) is 12.1. The van der Waals surface area contributed by atoms with Crippen molar-refractivity contribution in [1.82, 2.24) is 24.5 Å². The average Bonchev–Trinajstić information content (AvgIpc) is 3.35. The van der Waals surface area contributed by atoms with Crippen molar-refractivity contribution in [3.05, 3.63) is 48.3 Å². The van der Waals surface area contributed by atoms with Crippen LogP contribution in [0.3, 0.4) is 0 Å². The van der Waals surface area contributed by atoms with Crippen LogP contribution in [0.1, 0.15) is 51.4 Å². The summed E-state index contributed by atoms with van der Waals surface area (Å²) in [5.41, 5.74) is 7.02. The van der Waals surface area contributed by atoms with E-state index in [1.807, 2.05) is 10.9 Å². The van der Waals surface area contributed by atoms with Gasteiger partial charge in [-0.15, -0.1) is 0 Å². The molecule has 10 nitrogen and oxygen atoms in total. The lowest BCUT2D eigenvalue weighted by molar-refractivity contribution is 0.0981. The number of nitrogens with two attached hydrogens (primary N) is 1. The van der Waals surface area contributed by atoms with Crippen LogP contribution in [0.15, 0.2) is 47.8 Å². The fourth-order valence-electron chi connectivity index (χ4n) is 4.73. The number of rotatable bonds is 7. The van der Waals surface area contributed by atoms with Gasteiger partial charge in [-0.25, -0.2) is 14.7 Å². The molecule has 36 heavy (non-hydrogen) atoms. The molecule has 3 aromatic heterocycles. The van der Waals surface area contributed by atoms with E-state index in [0.717, 1.165) is 18.5 Å². The molecule has 0 bridgehead atoms. The van der Waals surface area contributed by atoms with Crippen LogP contribution in [0.25, 0.3) is 11.3 Å². The Morgan fingerprint density at radius 2 is 1.97 bits per heavy atom. The standard InChI is InChI=1S/C25H33N7O3S/c1-16(2)13-31-15-18(12-27-31)20-10-9-19(23(28-20)32-14-17(3)11-25(32,4)5)24(33)30-36(34,35)22-8-6-7-21(26)29-22/h6-10,12,15-17H,11,13-14H2,1-5H3,(H2,26,29)(H,30,33). The van der Waals surface area contributed by atoms with Crippen molar-refractivity contribution < 1.29 is 13.2 Å². The predicted octanol–water partition coefficient (Wildman–Crippen LogP) is 3.32. The minimum absolute atomic E-state index is 0.0443. The van der Waals surface area contributed by atoms with Gasteiger partial charge in [-0.1, -0.05) is 26.8 Å². The Balaban J connectivity index is 1.74. The van der Waals surface area contributed by atoms with Gasteiger partial charge in [0.25, 0.3) is 15.9 Å². The van der Waals surface area contributed by atoms with E-state index in [1.54, 1.807) is 18.3 Å². The Kier molecular flexibility index (Phi) is 6.78. The van der Waals surface area contributed by atoms with Crippen molar-refractivity contribution in [3.8, 4) is 11.3 Å². The smallest absolute Gasteiger partial charge is 0.281 e. The molecular formula is C25H33N7O3S. The number of carbonyl (C=O) groups is 1. The number of anilines is 2. The van der Waals surface area contributed by atoms with Crippen molar-refractivity contribution in [3.63, 3.8) is 0 Å². The van der Waals surface area contributed by atoms with Gasteiger partial charge in [0.05, 0.1) is 17.5 Å². The van der Waals surface area contributed by atoms with Crippen LogP contribution in [-0.4, -0.2) is 46.2 Å². The summed E-state index contributed by atoms with van der Waals surface area (Å²) >= 11 is 0. The molecule has 1 unspecified atom stereocenters. The highest BCUT2D eigenvalue weighted by Gasteiger charge is 2.39. The first-order valence-electron chi connectivity index (χ1n) is 12.0. The molecule has 0 saturated carbocycles. The van der Waals surface area contributed by atoms with Crippen molar-refractivity contribution >= 4 is 27.6 Å². The van der Waals surface area contributed by atoms with Crippen LogP contribution in [0.5, 0.6) is 0 Å². The molecule has 11 heteroatoms. The highest BCUT2D eigenvalue weighted by Crippen LogP contribution is 2.38. The molecule has 0 aromatic carbocycles. The summed E-state index contributed by atoms with van der Waals surface area (Å²) < 4.78 is 29.7. The van der Waals surface area contributed by atoms with E-state index in [-0.39, 0.29) is 21.9 Å². The highest BCUT2D eigenvalue weighted by molar-refractivity contribution is 7.90. The Bertz CT molecular complexity index is 1380. The van der Waals surface area contributed by atoms with Crippen LogP contribution < -0.4 is 15.4 Å². The van der Waals surface area contributed by atoms with Crippen molar-refractivity contribution in [2.24, 2.45) is 11.8 Å². The Morgan fingerprint density at radius 3 is 2.61 bits per heavy atom. The third-order valence-corrected chi connectivity index (χ3v) is 7.41. The monoisotopic (exact) mass is 511 g/mol. The van der Waals surface area contributed by atoms with E-state index in [0.29, 0.717) is 29.9 Å². The van der Waals surface area contributed by atoms with Crippen molar-refractivity contribution in [2.75, 3.05) is 17.2 Å². The molecule has 0 aliphatic carbocycles. The van der Waals surface area contributed by atoms with E-state index in [1.165, 1.54) is 18.2 Å². The quantitative estimate of drug-likeness (QED) is 0.493. The van der Waals surface area contributed by atoms with Gasteiger partial charge in [0, 0.05) is 30.4 Å². The molecule has 3 aromatic rings. The minimum atomic E-state index is -4.23. The maximum atomic E-state index is 13.3. The number of hydrogen-bond acceptors (Lipinski definition) is 8. The molecule has 192 valence electrons. The Labute approximate surface area is 212 Å². The molecule has 1 fully saturated rings. The van der Waals surface area contributed by atoms with Gasteiger partial charge < -0.3 is 10.6 Å². The normalized spacial score (nSPS) is 17.5. The SMILES string of the molecule is CC(C)Cn1cc(-c2ccc(C(=O)NS(=O)(=O)c3cccc(N)n3)c(N3CC(C)CC3(C)C)n2)cn1. The molecule has 1 aliphatic heterocycles. The first-order valence-corrected chi connectivity index (χ1v) is 13.5. The summed E-state index contributed by atoms with van der Waals surface area (Å²) in [6, 6.07) is 7.56. The third kappa shape index (κ3) is 5.35. The average molecular weight is 512 g/mol. The molecule has 0 radical (unpaired) electrons. The molecule has 3 N–H and O–H groups in total. The number of sulfonamides is 1. The van der Waals surface area contributed by atoms with Crippen molar-refractivity contribution in [2.45, 2.75) is 58.1 Å². The first kappa shape index (κ1) is 25.6. The molecule has 1 aliphatic rings. The van der Waals surface area contributed by atoms with Gasteiger partial charge in [0.1, 0.15) is 11.6 Å². The number of nitrogens with zero attached hydrogens (tertiary/aromatic N) is 5. The molecule has 0 spiro atoms. The Hall–Kier alpha value is -3.47. The zero-order chi connectivity index (χ0) is 26.3. The number of pyridine rings is 2. The zero-order valence-corrected chi connectivity index (χ0v) is 22.1. The summed E-state index contributed by atoms with van der Waals surface area (Å²) in [4.78, 5) is 24.1. The summed E-state index contributed by atoms with van der Waals surface area (Å²) in [7, 11) is -4.23. The number of nitrogen functional groups attached to an aromatic ring is 1. The zero-order valence-electron chi connectivity index (χ0n) is 21.3. The molecule has 4 heterocycles. The van der Waals surface area contributed by atoms with Crippen LogP contribution in [0, 0.1) is 11.8 Å². The highest BCUT2D eigenvalue weighted by atomic mass is 32.2. The first-order chi connectivity index (χ1) is 16.9. The van der Waals surface area contributed by atoms with E-state index in [9.17, 15) is 13.2 Å². The number of hydrogen-bond donors (Lipinski definition) is 2. The van der Waals surface area contributed by atoms with Crippen LogP contribution in [-0.2, 0) is 16.6 Å². The topological polar surface area (TPSA) is 136 Å². The number of aromatic nitrogens is 4. The molecule has 1 saturated heterocycles. The van der Waals surface area contributed by atoms with Gasteiger partial charge >= 0.3 is 0 Å². The maximum Gasteiger partial charge on any atom is 0.281 e. The van der Waals surface area contributed by atoms with Crippen LogP contribution in [0.2, 0.25) is 0 Å². The van der Waals surface area contributed by atoms with Gasteiger partial charge in [0.2, 0.25) is 0 Å². The number of amides is 1. The van der Waals surface area contributed by atoms with E-state index < -0.39 is 15.9 Å². The van der Waals surface area contributed by atoms with E-state index >= 15 is 0 Å². The van der Waals surface area contributed by atoms with E-state index in [4.69, 9.17) is 10.7 Å². The lowest BCUT2D eigenvalue weighted by Crippen LogP contribution is -2.41. The molecule has 4 rings (SSSR count). The lowest BCUT2D eigenvalue weighted by atomic mass is 9.97. The molecule has 1 amide bonds. The van der Waals surface area contributed by atoms with Gasteiger partial charge in [-0.3, -0.25) is 9.48 Å². The largest absolute Gasteiger partial charge is 0.384 e. The van der Waals surface area contributed by atoms with Crippen LogP contribution >= 0.6 is 0 Å². The lowest BCUT2D eigenvalue weighted by Gasteiger charge is -2.34.